The van der Waals surface area contributed by atoms with Gasteiger partial charge in [0, 0.05) is 27.9 Å². The van der Waals surface area contributed by atoms with Crippen LogP contribution in [-0.4, -0.2) is 21.1 Å². The van der Waals surface area contributed by atoms with E-state index >= 15 is 0 Å². The molecule has 1 N–H and O–H groups in total. The molecule has 0 unspecified atom stereocenters. The van der Waals surface area contributed by atoms with E-state index in [9.17, 15) is 4.79 Å². The lowest BCUT2D eigenvalue weighted by Crippen LogP contribution is -2.13. The van der Waals surface area contributed by atoms with Crippen molar-refractivity contribution in [3.05, 3.63) is 35.5 Å². The molecule has 2 aromatic heterocycles. The standard InChI is InChI=1S/C16H15ClN4OS2/c1-9(2)7-14(22)19-15-20-21-16(24-15)23-13-5-6-18-12-8-10(17)3-4-11(12)13/h3-6,8-9H,7H2,1-2H3,(H,19,20,22). The van der Waals surface area contributed by atoms with Crippen LogP contribution < -0.4 is 5.32 Å². The second kappa shape index (κ2) is 7.46. The van der Waals surface area contributed by atoms with Gasteiger partial charge in [-0.1, -0.05) is 54.6 Å². The first kappa shape index (κ1) is 17.1. The number of nitrogens with one attached hydrogen (secondary N) is 1. The second-order valence-electron chi connectivity index (χ2n) is 5.59. The van der Waals surface area contributed by atoms with Gasteiger partial charge in [0.2, 0.25) is 11.0 Å². The molecule has 3 rings (SSSR count). The molecule has 0 spiro atoms. The highest BCUT2D eigenvalue weighted by Crippen LogP contribution is 2.36. The Kier molecular flexibility index (Phi) is 5.33. The number of pyridine rings is 1. The smallest absolute Gasteiger partial charge is 0.226 e. The van der Waals surface area contributed by atoms with Crippen molar-refractivity contribution in [2.75, 3.05) is 5.32 Å². The van der Waals surface area contributed by atoms with Gasteiger partial charge in [0.05, 0.1) is 5.52 Å². The third kappa shape index (κ3) is 4.23. The van der Waals surface area contributed by atoms with Crippen LogP contribution in [-0.2, 0) is 4.79 Å². The molecular formula is C16H15ClN4OS2. The molecule has 124 valence electrons. The van der Waals surface area contributed by atoms with Gasteiger partial charge in [0.15, 0.2) is 4.34 Å². The predicted molar refractivity (Wildman–Crippen MR) is 98.9 cm³/mol. The molecule has 0 atom stereocenters. The van der Waals surface area contributed by atoms with E-state index in [2.05, 4.69) is 20.5 Å². The van der Waals surface area contributed by atoms with Gasteiger partial charge in [-0.15, -0.1) is 10.2 Å². The number of fused-ring (bicyclic) bond motifs is 1. The first-order valence-corrected chi connectivity index (χ1v) is 9.38. The quantitative estimate of drug-likeness (QED) is 0.641. The number of hydrogen-bond donors (Lipinski definition) is 1. The lowest BCUT2D eigenvalue weighted by atomic mass is 10.1. The van der Waals surface area contributed by atoms with Gasteiger partial charge in [-0.2, -0.15) is 0 Å². The fourth-order valence-electron chi connectivity index (χ4n) is 2.12. The summed E-state index contributed by atoms with van der Waals surface area (Å²) in [7, 11) is 0. The number of amides is 1. The third-order valence-corrected chi connectivity index (χ3v) is 5.31. The number of nitrogens with zero attached hydrogens (tertiary/aromatic N) is 3. The molecule has 0 saturated carbocycles. The van der Waals surface area contributed by atoms with Crippen molar-refractivity contribution in [3.63, 3.8) is 0 Å². The Balaban J connectivity index is 1.77. The Morgan fingerprint density at radius 1 is 1.33 bits per heavy atom. The molecule has 5 nitrogen and oxygen atoms in total. The number of rotatable bonds is 5. The molecule has 1 amide bonds. The Labute approximate surface area is 152 Å². The highest BCUT2D eigenvalue weighted by atomic mass is 35.5. The van der Waals surface area contributed by atoms with E-state index in [1.807, 2.05) is 38.1 Å². The number of carbonyl (C=O) groups excluding carboxylic acids is 1. The van der Waals surface area contributed by atoms with E-state index in [4.69, 9.17) is 11.6 Å². The molecule has 8 heteroatoms. The molecule has 0 aliphatic rings. The van der Waals surface area contributed by atoms with Crippen molar-refractivity contribution in [1.82, 2.24) is 15.2 Å². The number of aromatic nitrogens is 3. The summed E-state index contributed by atoms with van der Waals surface area (Å²) in [5, 5.41) is 13.1. The maximum absolute atomic E-state index is 11.8. The minimum Gasteiger partial charge on any atom is -0.300 e. The van der Waals surface area contributed by atoms with Gasteiger partial charge in [-0.25, -0.2) is 0 Å². The average Bonchev–Trinajstić information content (AvgIpc) is 2.93. The molecule has 0 saturated heterocycles. The number of halogens is 1. The summed E-state index contributed by atoms with van der Waals surface area (Å²) < 4.78 is 0.761. The second-order valence-corrected chi connectivity index (χ2v) is 8.29. The summed E-state index contributed by atoms with van der Waals surface area (Å²) in [5.74, 6) is 0.267. The molecular weight excluding hydrogens is 364 g/mol. The van der Waals surface area contributed by atoms with E-state index in [1.54, 1.807) is 6.20 Å². The monoisotopic (exact) mass is 378 g/mol. The van der Waals surface area contributed by atoms with Crippen LogP contribution >= 0.6 is 34.7 Å². The Hall–Kier alpha value is -1.70. The van der Waals surface area contributed by atoms with Gasteiger partial charge in [0.1, 0.15) is 0 Å². The van der Waals surface area contributed by atoms with Crippen molar-refractivity contribution in [2.24, 2.45) is 5.92 Å². The maximum atomic E-state index is 11.8. The summed E-state index contributed by atoms with van der Waals surface area (Å²) >= 11 is 8.86. The molecule has 0 bridgehead atoms. The number of hydrogen-bond acceptors (Lipinski definition) is 6. The van der Waals surface area contributed by atoms with Gasteiger partial charge in [-0.05, 0) is 24.1 Å². The van der Waals surface area contributed by atoms with Crippen LogP contribution in [0, 0.1) is 5.92 Å². The SMILES string of the molecule is CC(C)CC(=O)Nc1nnc(Sc2ccnc3cc(Cl)ccc23)s1. The number of anilines is 1. The van der Waals surface area contributed by atoms with Crippen molar-refractivity contribution >= 4 is 56.6 Å². The van der Waals surface area contributed by atoms with Crippen LogP contribution in [0.5, 0.6) is 0 Å². The molecule has 1 aromatic carbocycles. The predicted octanol–water partition coefficient (Wildman–Crippen LogP) is 4.88. The molecule has 0 aliphatic heterocycles. The molecule has 3 aromatic rings. The summed E-state index contributed by atoms with van der Waals surface area (Å²) in [5.41, 5.74) is 0.836. The van der Waals surface area contributed by atoms with Gasteiger partial charge >= 0.3 is 0 Å². The lowest BCUT2D eigenvalue weighted by molar-refractivity contribution is -0.116. The maximum Gasteiger partial charge on any atom is 0.226 e. The van der Waals surface area contributed by atoms with Crippen LogP contribution in [0.25, 0.3) is 10.9 Å². The zero-order valence-electron chi connectivity index (χ0n) is 13.1. The van der Waals surface area contributed by atoms with Crippen molar-refractivity contribution in [1.29, 1.82) is 0 Å². The topological polar surface area (TPSA) is 67.8 Å². The first-order valence-electron chi connectivity index (χ1n) is 7.37. The largest absolute Gasteiger partial charge is 0.300 e. The Bertz CT molecular complexity index is 881. The summed E-state index contributed by atoms with van der Waals surface area (Å²) in [6, 6.07) is 7.55. The minimum absolute atomic E-state index is 0.0401. The molecule has 24 heavy (non-hydrogen) atoms. The van der Waals surface area contributed by atoms with Gasteiger partial charge in [0.25, 0.3) is 0 Å². The first-order chi connectivity index (χ1) is 11.5. The van der Waals surface area contributed by atoms with Gasteiger partial charge in [-0.3, -0.25) is 9.78 Å². The highest BCUT2D eigenvalue weighted by molar-refractivity contribution is 8.01. The molecule has 0 aliphatic carbocycles. The van der Waals surface area contributed by atoms with E-state index in [1.165, 1.54) is 23.1 Å². The van der Waals surface area contributed by atoms with Crippen LogP contribution in [0.1, 0.15) is 20.3 Å². The minimum atomic E-state index is -0.0401. The summed E-state index contributed by atoms with van der Waals surface area (Å²) in [6.45, 7) is 4.00. The van der Waals surface area contributed by atoms with E-state index in [0.29, 0.717) is 22.5 Å². The fourth-order valence-corrected chi connectivity index (χ4v) is 4.13. The molecule has 0 radical (unpaired) electrons. The highest BCUT2D eigenvalue weighted by Gasteiger charge is 2.12. The Morgan fingerprint density at radius 3 is 2.96 bits per heavy atom. The molecule has 0 fully saturated rings. The zero-order chi connectivity index (χ0) is 17.1. The van der Waals surface area contributed by atoms with Crippen LogP contribution in [0.3, 0.4) is 0 Å². The van der Waals surface area contributed by atoms with E-state index in [-0.39, 0.29) is 5.91 Å². The molecule has 2 heterocycles. The van der Waals surface area contributed by atoms with E-state index in [0.717, 1.165) is 20.1 Å². The Morgan fingerprint density at radius 2 is 2.17 bits per heavy atom. The normalized spacial score (nSPS) is 11.2. The van der Waals surface area contributed by atoms with Crippen molar-refractivity contribution in [3.8, 4) is 0 Å². The van der Waals surface area contributed by atoms with Crippen molar-refractivity contribution in [2.45, 2.75) is 29.5 Å². The summed E-state index contributed by atoms with van der Waals surface area (Å²) in [4.78, 5) is 17.1. The average molecular weight is 379 g/mol. The van der Waals surface area contributed by atoms with Crippen molar-refractivity contribution < 1.29 is 4.79 Å². The van der Waals surface area contributed by atoms with Crippen LogP contribution in [0.4, 0.5) is 5.13 Å². The lowest BCUT2D eigenvalue weighted by Gasteiger charge is -2.04. The third-order valence-electron chi connectivity index (χ3n) is 3.11. The van der Waals surface area contributed by atoms with E-state index < -0.39 is 0 Å². The number of benzene rings is 1. The zero-order valence-corrected chi connectivity index (χ0v) is 15.5. The summed E-state index contributed by atoms with van der Waals surface area (Å²) in [6.07, 6.45) is 2.21. The number of carbonyl (C=O) groups is 1. The van der Waals surface area contributed by atoms with Crippen LogP contribution in [0.15, 0.2) is 39.7 Å². The van der Waals surface area contributed by atoms with Gasteiger partial charge < -0.3 is 5.32 Å². The van der Waals surface area contributed by atoms with Crippen LogP contribution in [0.2, 0.25) is 5.02 Å². The fraction of sp³-hybridized carbons (Fsp3) is 0.250.